The van der Waals surface area contributed by atoms with E-state index < -0.39 is 17.5 Å². The van der Waals surface area contributed by atoms with Crippen LogP contribution in [-0.4, -0.2) is 31.8 Å². The molecule has 3 aromatic carbocycles. The van der Waals surface area contributed by atoms with E-state index in [4.69, 9.17) is 25.4 Å². The Morgan fingerprint density at radius 3 is 2.00 bits per heavy atom. The lowest BCUT2D eigenvalue weighted by atomic mass is 9.93. The van der Waals surface area contributed by atoms with Gasteiger partial charge < -0.3 is 18.9 Å². The number of benzene rings is 3. The van der Waals surface area contributed by atoms with E-state index in [1.807, 2.05) is 36.4 Å². The van der Waals surface area contributed by atoms with Gasteiger partial charge in [0.25, 0.3) is 0 Å². The molecule has 0 bridgehead atoms. The SMILES string of the molecule is C#CC(C)(C)Oc1ccc(-c2ccccc2Oc2ccccc2)c(C(=O)OC)c1C(=O)OC. The molecule has 0 N–H and O–H groups in total. The van der Waals surface area contributed by atoms with Crippen molar-refractivity contribution >= 4 is 11.9 Å². The monoisotopic (exact) mass is 444 g/mol. The van der Waals surface area contributed by atoms with Crippen molar-refractivity contribution in [1.82, 2.24) is 0 Å². The Morgan fingerprint density at radius 2 is 1.36 bits per heavy atom. The number of esters is 2. The molecule has 168 valence electrons. The largest absolute Gasteiger partial charge is 0.474 e. The Kier molecular flexibility index (Phi) is 7.04. The van der Waals surface area contributed by atoms with Crippen LogP contribution < -0.4 is 9.47 Å². The summed E-state index contributed by atoms with van der Waals surface area (Å²) < 4.78 is 21.9. The highest BCUT2D eigenvalue weighted by Gasteiger charge is 2.30. The van der Waals surface area contributed by atoms with Gasteiger partial charge in [0.05, 0.1) is 19.8 Å². The third-order valence-electron chi connectivity index (χ3n) is 4.81. The minimum Gasteiger partial charge on any atom is -0.474 e. The lowest BCUT2D eigenvalue weighted by molar-refractivity contribution is 0.0547. The number of carbonyl (C=O) groups is 2. The molecule has 0 atom stereocenters. The van der Waals surface area contributed by atoms with Crippen molar-refractivity contribution in [2.75, 3.05) is 14.2 Å². The first kappa shape index (κ1) is 23.4. The Balaban J connectivity index is 2.27. The Morgan fingerprint density at radius 1 is 0.758 bits per heavy atom. The van der Waals surface area contributed by atoms with Gasteiger partial charge in [-0.1, -0.05) is 42.3 Å². The van der Waals surface area contributed by atoms with E-state index >= 15 is 0 Å². The maximum atomic E-state index is 12.9. The molecule has 0 fully saturated rings. The summed E-state index contributed by atoms with van der Waals surface area (Å²) in [7, 11) is 2.46. The quantitative estimate of drug-likeness (QED) is 0.354. The molecule has 0 amide bonds. The van der Waals surface area contributed by atoms with Crippen LogP contribution in [0.2, 0.25) is 0 Å². The van der Waals surface area contributed by atoms with E-state index in [1.165, 1.54) is 14.2 Å². The highest BCUT2D eigenvalue weighted by molar-refractivity contribution is 6.10. The summed E-state index contributed by atoms with van der Waals surface area (Å²) in [5.41, 5.74) is -0.140. The van der Waals surface area contributed by atoms with E-state index in [0.29, 0.717) is 22.6 Å². The summed E-state index contributed by atoms with van der Waals surface area (Å²) >= 11 is 0. The molecule has 0 unspecified atom stereocenters. The van der Waals surface area contributed by atoms with Gasteiger partial charge in [-0.15, -0.1) is 6.42 Å². The molecule has 0 saturated heterocycles. The maximum absolute atomic E-state index is 12.9. The van der Waals surface area contributed by atoms with E-state index in [0.717, 1.165) is 0 Å². The van der Waals surface area contributed by atoms with Crippen molar-refractivity contribution < 1.29 is 28.5 Å². The number of carbonyl (C=O) groups excluding carboxylic acids is 2. The molecule has 6 heteroatoms. The van der Waals surface area contributed by atoms with E-state index in [1.54, 1.807) is 44.2 Å². The lowest BCUT2D eigenvalue weighted by Crippen LogP contribution is -2.27. The summed E-state index contributed by atoms with van der Waals surface area (Å²) in [5, 5.41) is 0. The Hall–Kier alpha value is -4.24. The Labute approximate surface area is 193 Å². The van der Waals surface area contributed by atoms with Gasteiger partial charge in [-0.05, 0) is 44.2 Å². The minimum atomic E-state index is -1.04. The van der Waals surface area contributed by atoms with Gasteiger partial charge in [0.15, 0.2) is 5.60 Å². The third kappa shape index (κ3) is 5.16. The van der Waals surface area contributed by atoms with Gasteiger partial charge in [0, 0.05) is 11.1 Å². The molecule has 0 aromatic heterocycles. The van der Waals surface area contributed by atoms with Crippen LogP contribution in [0.1, 0.15) is 34.6 Å². The predicted octanol–water partition coefficient (Wildman–Crippen LogP) is 5.51. The maximum Gasteiger partial charge on any atom is 0.342 e. The van der Waals surface area contributed by atoms with Gasteiger partial charge >= 0.3 is 11.9 Å². The topological polar surface area (TPSA) is 71.1 Å². The number of ether oxygens (including phenoxy) is 4. The predicted molar refractivity (Wildman–Crippen MR) is 125 cm³/mol. The van der Waals surface area contributed by atoms with Crippen LogP contribution in [0.5, 0.6) is 17.2 Å². The van der Waals surface area contributed by atoms with Gasteiger partial charge in [-0.25, -0.2) is 9.59 Å². The number of methoxy groups -OCH3 is 2. The van der Waals surface area contributed by atoms with E-state index in [2.05, 4.69) is 5.92 Å². The first-order valence-corrected chi connectivity index (χ1v) is 10.1. The summed E-state index contributed by atoms with van der Waals surface area (Å²) in [6.45, 7) is 3.34. The first-order chi connectivity index (χ1) is 15.8. The third-order valence-corrected chi connectivity index (χ3v) is 4.81. The van der Waals surface area contributed by atoms with Gasteiger partial charge in [-0.3, -0.25) is 0 Å². The second-order valence-corrected chi connectivity index (χ2v) is 7.51. The summed E-state index contributed by atoms with van der Waals surface area (Å²) in [5.74, 6) is 2.23. The smallest absolute Gasteiger partial charge is 0.342 e. The molecule has 0 aliphatic carbocycles. The van der Waals surface area contributed by atoms with Crippen molar-refractivity contribution in [1.29, 1.82) is 0 Å². The molecule has 0 saturated carbocycles. The van der Waals surface area contributed by atoms with E-state index in [-0.39, 0.29) is 16.9 Å². The van der Waals surface area contributed by atoms with Crippen LogP contribution >= 0.6 is 0 Å². The van der Waals surface area contributed by atoms with Crippen LogP contribution in [0.3, 0.4) is 0 Å². The van der Waals surface area contributed by atoms with Gasteiger partial charge in [-0.2, -0.15) is 0 Å². The van der Waals surface area contributed by atoms with Crippen LogP contribution in [0.15, 0.2) is 66.7 Å². The molecule has 0 aliphatic heterocycles. The molecule has 3 aromatic rings. The number of rotatable bonds is 7. The zero-order valence-electron chi connectivity index (χ0n) is 18.9. The fraction of sp³-hybridized carbons (Fsp3) is 0.185. The highest BCUT2D eigenvalue weighted by atomic mass is 16.5. The molecule has 3 rings (SSSR count). The fourth-order valence-electron chi connectivity index (χ4n) is 3.21. The van der Waals surface area contributed by atoms with Gasteiger partial charge in [0.2, 0.25) is 0 Å². The van der Waals surface area contributed by atoms with Crippen molar-refractivity contribution in [3.63, 3.8) is 0 Å². The van der Waals surface area contributed by atoms with Gasteiger partial charge in [0.1, 0.15) is 22.8 Å². The number of hydrogen-bond acceptors (Lipinski definition) is 6. The highest BCUT2D eigenvalue weighted by Crippen LogP contribution is 2.40. The normalized spacial score (nSPS) is 10.6. The molecule has 6 nitrogen and oxygen atoms in total. The van der Waals surface area contributed by atoms with Crippen molar-refractivity contribution in [2.45, 2.75) is 19.4 Å². The molecule has 0 spiro atoms. The minimum absolute atomic E-state index is 0.0150. The number of terminal acetylenes is 1. The van der Waals surface area contributed by atoms with Crippen LogP contribution in [-0.2, 0) is 9.47 Å². The fourth-order valence-corrected chi connectivity index (χ4v) is 3.21. The number of para-hydroxylation sites is 2. The average molecular weight is 444 g/mol. The Bertz CT molecular complexity index is 1210. The molecule has 0 heterocycles. The van der Waals surface area contributed by atoms with E-state index in [9.17, 15) is 9.59 Å². The zero-order valence-corrected chi connectivity index (χ0v) is 18.9. The first-order valence-electron chi connectivity index (χ1n) is 10.1. The average Bonchev–Trinajstić information content (AvgIpc) is 2.83. The second kappa shape index (κ2) is 9.92. The molecular formula is C27H24O6. The summed E-state index contributed by atoms with van der Waals surface area (Å²) in [6.07, 6.45) is 5.55. The molecule has 0 aliphatic rings. The van der Waals surface area contributed by atoms with Crippen LogP contribution in [0.25, 0.3) is 11.1 Å². The molecule has 33 heavy (non-hydrogen) atoms. The second-order valence-electron chi connectivity index (χ2n) is 7.51. The zero-order chi connectivity index (χ0) is 24.0. The summed E-state index contributed by atoms with van der Waals surface area (Å²) in [6, 6.07) is 19.6. The lowest BCUT2D eigenvalue weighted by Gasteiger charge is -2.24. The van der Waals surface area contributed by atoms with Crippen molar-refractivity contribution in [2.24, 2.45) is 0 Å². The van der Waals surface area contributed by atoms with Crippen LogP contribution in [0.4, 0.5) is 0 Å². The number of hydrogen-bond donors (Lipinski definition) is 0. The standard InChI is InChI=1S/C27H24O6/c1-6-27(2,3)33-22-17-16-20(23(25(28)30-4)24(22)26(29)31-5)19-14-10-11-15-21(19)32-18-12-8-7-9-13-18/h1,7-17H,2-5H3. The molecular weight excluding hydrogens is 420 g/mol. The summed E-state index contributed by atoms with van der Waals surface area (Å²) in [4.78, 5) is 25.8. The molecule has 0 radical (unpaired) electrons. The van der Waals surface area contributed by atoms with Crippen molar-refractivity contribution in [3.8, 4) is 40.7 Å². The van der Waals surface area contributed by atoms with Crippen molar-refractivity contribution in [3.05, 3.63) is 77.9 Å². The van der Waals surface area contributed by atoms with Crippen LogP contribution in [0, 0.1) is 12.3 Å².